The molecule has 1 saturated heterocycles. The van der Waals surface area contributed by atoms with E-state index in [9.17, 15) is 14.0 Å². The van der Waals surface area contributed by atoms with Gasteiger partial charge in [0.1, 0.15) is 51.7 Å². The number of aliphatic imine (C=N–C) groups is 1. The summed E-state index contributed by atoms with van der Waals surface area (Å²) in [5.74, 6) is 1.52. The van der Waals surface area contributed by atoms with Crippen molar-refractivity contribution in [3.8, 4) is 11.5 Å². The van der Waals surface area contributed by atoms with Gasteiger partial charge in [0.05, 0.1) is 31.0 Å². The Bertz CT molecular complexity index is 3230. The van der Waals surface area contributed by atoms with Gasteiger partial charge in [0.25, 0.3) is 5.91 Å². The molecule has 0 unspecified atom stereocenters. The molecule has 18 heteroatoms. The summed E-state index contributed by atoms with van der Waals surface area (Å²) in [6.07, 6.45) is 9.11. The van der Waals surface area contributed by atoms with Gasteiger partial charge in [0.15, 0.2) is 5.65 Å². The van der Waals surface area contributed by atoms with Crippen LogP contribution in [0.3, 0.4) is 0 Å². The van der Waals surface area contributed by atoms with E-state index < -0.39 is 17.2 Å². The third kappa shape index (κ3) is 13.0. The van der Waals surface area contributed by atoms with Gasteiger partial charge in [-0.25, -0.2) is 18.7 Å². The molecule has 9 rings (SSSR count). The highest BCUT2D eigenvalue weighted by Crippen LogP contribution is 2.54. The zero-order valence-corrected chi connectivity index (χ0v) is 49.5. The van der Waals surface area contributed by atoms with Crippen LogP contribution in [0.5, 0.6) is 11.5 Å². The summed E-state index contributed by atoms with van der Waals surface area (Å²) in [6, 6.07) is 27.5. The molecular weight excluding hydrogens is 1070 g/mol. The molecule has 1 fully saturated rings. The van der Waals surface area contributed by atoms with Gasteiger partial charge in [-0.15, -0.1) is 0 Å². The lowest BCUT2D eigenvalue weighted by Gasteiger charge is -2.47. The highest BCUT2D eigenvalue weighted by molar-refractivity contribution is 6.30. The highest BCUT2D eigenvalue weighted by atomic mass is 35.5. The number of amidine groups is 1. The summed E-state index contributed by atoms with van der Waals surface area (Å²) >= 11 is 13.0. The number of piperazine rings is 1. The van der Waals surface area contributed by atoms with E-state index in [4.69, 9.17) is 42.7 Å². The van der Waals surface area contributed by atoms with Crippen molar-refractivity contribution >= 4 is 58.3 Å². The molecule has 5 heterocycles. The first-order chi connectivity index (χ1) is 38.8. The number of aromatic nitrogens is 3. The van der Waals surface area contributed by atoms with Gasteiger partial charge in [-0.1, -0.05) is 100.0 Å². The van der Waals surface area contributed by atoms with Crippen molar-refractivity contribution in [2.45, 2.75) is 129 Å². The number of nitrogens with zero attached hydrogens (tertiary/aromatic N) is 8. The van der Waals surface area contributed by atoms with Gasteiger partial charge in [-0.2, -0.15) is 5.10 Å². The van der Waals surface area contributed by atoms with Gasteiger partial charge >= 0.3 is 6.03 Å². The normalized spacial score (nSPS) is 20.7. The van der Waals surface area contributed by atoms with Crippen LogP contribution >= 0.6 is 23.2 Å². The largest absolute Gasteiger partial charge is 0.493 e. The maximum atomic E-state index is 15.5. The minimum Gasteiger partial charge on any atom is -0.493 e. The number of ether oxygens (including phenoxy) is 2. The molecule has 2 aromatic heterocycles. The number of hydrogen-bond acceptors (Lipinski definition) is 10. The molecule has 6 aromatic rings. The molecule has 2 N–H and O–H groups in total. The summed E-state index contributed by atoms with van der Waals surface area (Å²) in [5, 5.41) is 11.9. The minimum atomic E-state index is -1.01. The number of benzene rings is 4. The number of amides is 4. The highest BCUT2D eigenvalue weighted by Gasteiger charge is 2.60. The second-order valence-electron chi connectivity index (χ2n) is 23.0. The van der Waals surface area contributed by atoms with Crippen molar-refractivity contribution < 1.29 is 28.2 Å². The van der Waals surface area contributed by atoms with E-state index >= 15 is 4.79 Å². The van der Waals surface area contributed by atoms with Crippen LogP contribution in [0.2, 0.25) is 10.0 Å². The molecule has 3 aliphatic rings. The Labute approximate surface area is 486 Å². The number of rotatable bonds is 17. The molecule has 4 amide bonds. The van der Waals surface area contributed by atoms with Gasteiger partial charge in [0, 0.05) is 67.5 Å². The fraction of sp³-hybridized carbons (Fsp3) is 0.460. The number of urea groups is 1. The van der Waals surface area contributed by atoms with Crippen LogP contribution in [-0.4, -0.2) is 123 Å². The lowest BCUT2D eigenvalue weighted by atomic mass is 9.71. The molecule has 81 heavy (non-hydrogen) atoms. The Kier molecular flexibility index (Phi) is 18.3. The predicted octanol–water partition coefficient (Wildman–Crippen LogP) is 12.4. The number of halogens is 3. The van der Waals surface area contributed by atoms with Crippen molar-refractivity contribution in [2.75, 3.05) is 64.3 Å². The first kappa shape index (κ1) is 58.9. The van der Waals surface area contributed by atoms with E-state index in [0.29, 0.717) is 76.1 Å². The number of unbranched alkanes of at least 4 members (excludes halogenated alkanes) is 5. The van der Waals surface area contributed by atoms with E-state index in [1.165, 1.54) is 18.3 Å². The summed E-state index contributed by atoms with van der Waals surface area (Å²) in [6.45, 7) is 21.2. The number of carbonyl (C=O) groups is 3. The standard InChI is InChI=1S/C63H77Cl2FN10O5/c1-9-80-54-38-46(61(4,5)6)21-27-50(54)58-71-62(7,44-17-22-47(64)23-18-44)63(8,45-19-24-48(65)25-20-45)76(58)60(79)73-36-34-72(35-37-73)31-15-13-11-10-12-14-16-56(77)67-30-33-74-41-42(2)81-53-28-26-49(66)39-51(53)43(3)69-55-29-32-75-57(70-55)52(40-68-75)59(74)78/h17-29,32,38-40,42-43H,9-16,30-31,33-37,41H2,1-8H3,(H,67,77)(H,69,70)/t42-,43+,62+,63-/m0/s1. The van der Waals surface area contributed by atoms with Gasteiger partial charge in [-0.3, -0.25) is 24.4 Å². The Morgan fingerprint density at radius 1 is 0.840 bits per heavy atom. The molecule has 0 saturated carbocycles. The molecule has 0 aliphatic carbocycles. The van der Waals surface area contributed by atoms with E-state index in [1.54, 1.807) is 27.7 Å². The number of nitrogens with one attached hydrogen (secondary N) is 2. The van der Waals surface area contributed by atoms with Crippen LogP contribution < -0.4 is 20.1 Å². The van der Waals surface area contributed by atoms with Crippen LogP contribution in [0.1, 0.15) is 145 Å². The molecule has 4 atom stereocenters. The first-order valence-electron chi connectivity index (χ1n) is 28.6. The molecule has 3 aliphatic heterocycles. The molecule has 4 aromatic carbocycles. The van der Waals surface area contributed by atoms with Crippen LogP contribution in [0.15, 0.2) is 108 Å². The quantitative estimate of drug-likeness (QED) is 0.0851. The zero-order chi connectivity index (χ0) is 57.6. The third-order valence-electron chi connectivity index (χ3n) is 16.3. The number of anilines is 1. The summed E-state index contributed by atoms with van der Waals surface area (Å²) < 4.78 is 28.7. The van der Waals surface area contributed by atoms with Crippen LogP contribution in [-0.2, 0) is 21.3 Å². The predicted molar refractivity (Wildman–Crippen MR) is 318 cm³/mol. The van der Waals surface area contributed by atoms with Crippen molar-refractivity contribution in [3.05, 3.63) is 153 Å². The Balaban J connectivity index is 0.765. The molecule has 2 bridgehead atoms. The smallest absolute Gasteiger partial charge is 0.326 e. The SMILES string of the molecule is CCOc1cc(C(C)(C)C)ccc1C1=N[C@](C)(c2ccc(Cl)cc2)[C@](C)(c2ccc(Cl)cc2)N1C(=O)N1CCN(CCCCCCCCC(=O)NCCN2C[C@H](C)Oc3ccc(F)cc3[C@@H](C)Nc3ccn4ncc(c4n3)C2=O)CC1. The number of hydrogen-bond donors (Lipinski definition) is 2. The topological polar surface area (TPSA) is 149 Å². The Hall–Kier alpha value is -6.75. The van der Waals surface area contributed by atoms with Crippen LogP contribution in [0.4, 0.5) is 15.0 Å². The fourth-order valence-corrected chi connectivity index (χ4v) is 11.7. The lowest BCUT2D eigenvalue weighted by molar-refractivity contribution is -0.121. The van der Waals surface area contributed by atoms with Crippen LogP contribution in [0, 0.1) is 5.82 Å². The average molecular weight is 1140 g/mol. The fourth-order valence-electron chi connectivity index (χ4n) is 11.4. The van der Waals surface area contributed by atoms with E-state index in [2.05, 4.69) is 73.4 Å². The maximum absolute atomic E-state index is 15.5. The summed E-state index contributed by atoms with van der Waals surface area (Å²) in [4.78, 5) is 61.0. The molecule has 15 nitrogen and oxygen atoms in total. The Morgan fingerprint density at radius 2 is 1.52 bits per heavy atom. The van der Waals surface area contributed by atoms with Gasteiger partial charge < -0.3 is 29.9 Å². The van der Waals surface area contributed by atoms with E-state index in [1.807, 2.05) is 79.1 Å². The van der Waals surface area contributed by atoms with Crippen molar-refractivity contribution in [3.63, 3.8) is 0 Å². The number of carbonyl (C=O) groups excluding carboxylic acids is 3. The lowest BCUT2D eigenvalue weighted by Crippen LogP contribution is -2.60. The van der Waals surface area contributed by atoms with Gasteiger partial charge in [-0.05, 0) is 137 Å². The summed E-state index contributed by atoms with van der Waals surface area (Å²) in [5.41, 5.74) is 2.94. The van der Waals surface area contributed by atoms with Crippen molar-refractivity contribution in [1.82, 2.24) is 39.5 Å². The molecule has 430 valence electrons. The Morgan fingerprint density at radius 3 is 2.21 bits per heavy atom. The zero-order valence-electron chi connectivity index (χ0n) is 48.0. The van der Waals surface area contributed by atoms with Crippen molar-refractivity contribution in [1.29, 1.82) is 0 Å². The molecular formula is C63H77Cl2FN10O5. The average Bonchev–Trinajstić information content (AvgIpc) is 3.87. The van der Waals surface area contributed by atoms with Crippen molar-refractivity contribution in [2.24, 2.45) is 4.99 Å². The monoisotopic (exact) mass is 1140 g/mol. The minimum absolute atomic E-state index is 0.0584. The first-order valence-corrected chi connectivity index (χ1v) is 29.4. The molecule has 0 radical (unpaired) electrons. The summed E-state index contributed by atoms with van der Waals surface area (Å²) in [7, 11) is 0. The third-order valence-corrected chi connectivity index (χ3v) is 16.8. The van der Waals surface area contributed by atoms with E-state index in [-0.39, 0.29) is 54.8 Å². The second kappa shape index (κ2) is 25.2. The number of fused-ring (bicyclic) bond motifs is 2. The maximum Gasteiger partial charge on any atom is 0.326 e. The molecule has 0 spiro atoms. The second-order valence-corrected chi connectivity index (χ2v) is 23.9. The van der Waals surface area contributed by atoms with Crippen LogP contribution in [0.25, 0.3) is 5.65 Å². The van der Waals surface area contributed by atoms with Gasteiger partial charge in [0.2, 0.25) is 5.91 Å². The van der Waals surface area contributed by atoms with E-state index in [0.717, 1.165) is 80.4 Å².